The minimum Gasteiger partial charge on any atom is -0.396 e. The number of benzene rings is 3. The minimum atomic E-state index is -1.29. The molecular weight excluding hydrogens is 596 g/mol. The average molecular weight is 637 g/mol. The van der Waals surface area contributed by atoms with Crippen LogP contribution in [0.1, 0.15) is 28.8 Å². The lowest BCUT2D eigenvalue weighted by Gasteiger charge is -2.22. The van der Waals surface area contributed by atoms with Gasteiger partial charge in [-0.15, -0.1) is 0 Å². The van der Waals surface area contributed by atoms with Crippen molar-refractivity contribution in [3.05, 3.63) is 114 Å². The number of hydrogen-bond donors (Lipinski definition) is 5. The lowest BCUT2D eigenvalue weighted by atomic mass is 9.90. The summed E-state index contributed by atoms with van der Waals surface area (Å²) in [4.78, 5) is 16.7. The number of ether oxygens (including phenoxy) is 1. The minimum absolute atomic E-state index is 0.0224. The molecule has 7 rings (SSSR count). The van der Waals surface area contributed by atoms with Crippen molar-refractivity contribution < 1.29 is 25.2 Å². The molecule has 244 valence electrons. The van der Waals surface area contributed by atoms with Gasteiger partial charge >= 0.3 is 0 Å². The van der Waals surface area contributed by atoms with Crippen molar-refractivity contribution in [1.29, 1.82) is 0 Å². The Labute approximate surface area is 273 Å². The first-order valence-corrected chi connectivity index (χ1v) is 16.1. The molecule has 6 atom stereocenters. The first kappa shape index (κ1) is 31.2. The molecule has 0 bridgehead atoms. The number of aliphatic hydroxyl groups excluding tert-OH is 4. The molecule has 11 heteroatoms. The van der Waals surface area contributed by atoms with Crippen molar-refractivity contribution in [3.63, 3.8) is 0 Å². The van der Waals surface area contributed by atoms with Crippen LogP contribution in [-0.4, -0.2) is 91.1 Å². The molecule has 11 nitrogen and oxygen atoms in total. The monoisotopic (exact) mass is 636 g/mol. The SMILES string of the molecule is OC[C@@H]1CN(c2nc(NCC(c3ccccc3)c3ccccc3)c3ncn([C@@H]4O[C@H](CO)[C@@H](O)[C@H]4O)c3n2)C[C@H]1Cc1ccccc1. The van der Waals surface area contributed by atoms with Gasteiger partial charge in [0.25, 0.3) is 0 Å². The highest BCUT2D eigenvalue weighted by molar-refractivity contribution is 5.84. The van der Waals surface area contributed by atoms with Gasteiger partial charge < -0.3 is 35.4 Å². The highest BCUT2D eigenvalue weighted by Crippen LogP contribution is 2.35. The first-order chi connectivity index (χ1) is 23.0. The first-order valence-electron chi connectivity index (χ1n) is 16.1. The smallest absolute Gasteiger partial charge is 0.229 e. The van der Waals surface area contributed by atoms with Gasteiger partial charge in [-0.1, -0.05) is 91.0 Å². The van der Waals surface area contributed by atoms with Gasteiger partial charge in [0.05, 0.1) is 12.9 Å². The zero-order chi connectivity index (χ0) is 32.3. The van der Waals surface area contributed by atoms with Gasteiger partial charge in [-0.3, -0.25) is 4.57 Å². The zero-order valence-electron chi connectivity index (χ0n) is 26.0. The van der Waals surface area contributed by atoms with Crippen LogP contribution >= 0.6 is 0 Å². The van der Waals surface area contributed by atoms with E-state index in [1.165, 1.54) is 11.9 Å². The summed E-state index contributed by atoms with van der Waals surface area (Å²) < 4.78 is 7.47. The summed E-state index contributed by atoms with van der Waals surface area (Å²) in [7, 11) is 0. The zero-order valence-corrected chi connectivity index (χ0v) is 26.0. The number of fused-ring (bicyclic) bond motifs is 1. The number of nitrogens with one attached hydrogen (secondary N) is 1. The number of nitrogens with zero attached hydrogens (tertiary/aromatic N) is 5. The molecule has 47 heavy (non-hydrogen) atoms. The van der Waals surface area contributed by atoms with E-state index < -0.39 is 31.1 Å². The molecule has 0 radical (unpaired) electrons. The second-order valence-electron chi connectivity index (χ2n) is 12.5. The molecule has 2 aliphatic rings. The van der Waals surface area contributed by atoms with E-state index in [9.17, 15) is 20.4 Å². The third-order valence-corrected chi connectivity index (χ3v) is 9.51. The third kappa shape index (κ3) is 6.32. The Morgan fingerprint density at radius 1 is 0.787 bits per heavy atom. The maximum absolute atomic E-state index is 10.9. The molecule has 5 N–H and O–H groups in total. The van der Waals surface area contributed by atoms with E-state index >= 15 is 0 Å². The van der Waals surface area contributed by atoms with Gasteiger partial charge in [-0.05, 0) is 29.0 Å². The molecule has 0 aliphatic carbocycles. The van der Waals surface area contributed by atoms with Crippen molar-refractivity contribution in [2.45, 2.75) is 36.9 Å². The normalized spacial score (nSPS) is 24.4. The van der Waals surface area contributed by atoms with E-state index in [2.05, 4.69) is 51.6 Å². The Bertz CT molecular complexity index is 1720. The van der Waals surface area contributed by atoms with Crippen LogP contribution in [0.15, 0.2) is 97.3 Å². The molecule has 0 unspecified atom stereocenters. The van der Waals surface area contributed by atoms with Gasteiger partial charge in [0.1, 0.15) is 18.3 Å². The average Bonchev–Trinajstić information content (AvgIpc) is 3.81. The summed E-state index contributed by atoms with van der Waals surface area (Å²) in [5.41, 5.74) is 4.44. The summed E-state index contributed by atoms with van der Waals surface area (Å²) in [5, 5.41) is 45.0. The molecule has 3 aromatic carbocycles. The second kappa shape index (κ2) is 13.8. The van der Waals surface area contributed by atoms with E-state index in [1.54, 1.807) is 4.57 Å². The quantitative estimate of drug-likeness (QED) is 0.147. The summed E-state index contributed by atoms with van der Waals surface area (Å²) in [5.74, 6) is 1.26. The van der Waals surface area contributed by atoms with Crippen LogP contribution in [0.25, 0.3) is 11.2 Å². The maximum Gasteiger partial charge on any atom is 0.229 e. The van der Waals surface area contributed by atoms with Crippen LogP contribution < -0.4 is 10.2 Å². The molecule has 0 amide bonds. The lowest BCUT2D eigenvalue weighted by Crippen LogP contribution is -2.33. The van der Waals surface area contributed by atoms with Crippen LogP contribution in [-0.2, 0) is 11.2 Å². The Balaban J connectivity index is 1.25. The van der Waals surface area contributed by atoms with Crippen LogP contribution in [0.3, 0.4) is 0 Å². The Morgan fingerprint density at radius 2 is 1.43 bits per heavy atom. The number of imidazole rings is 1. The van der Waals surface area contributed by atoms with Crippen molar-refractivity contribution >= 4 is 22.9 Å². The number of hydrogen-bond acceptors (Lipinski definition) is 10. The predicted molar refractivity (Wildman–Crippen MR) is 178 cm³/mol. The van der Waals surface area contributed by atoms with Gasteiger partial charge in [-0.25, -0.2) is 4.98 Å². The van der Waals surface area contributed by atoms with Crippen LogP contribution in [0.5, 0.6) is 0 Å². The van der Waals surface area contributed by atoms with E-state index in [-0.39, 0.29) is 24.4 Å². The number of anilines is 2. The molecule has 2 aliphatic heterocycles. The van der Waals surface area contributed by atoms with E-state index in [4.69, 9.17) is 14.7 Å². The fourth-order valence-electron chi connectivity index (χ4n) is 6.92. The van der Waals surface area contributed by atoms with Gasteiger partial charge in [-0.2, -0.15) is 9.97 Å². The van der Waals surface area contributed by atoms with Crippen LogP contribution in [0.2, 0.25) is 0 Å². The molecule has 2 saturated heterocycles. The highest BCUT2D eigenvalue weighted by Gasteiger charge is 2.44. The lowest BCUT2D eigenvalue weighted by molar-refractivity contribution is -0.0511. The van der Waals surface area contributed by atoms with E-state index in [0.717, 1.165) is 17.5 Å². The Kier molecular flexibility index (Phi) is 9.14. The molecule has 4 heterocycles. The molecular formula is C36H40N6O5. The fourth-order valence-corrected chi connectivity index (χ4v) is 6.92. The standard InChI is InChI=1S/C36H40N6O5/c43-20-27-19-41(18-26(27)16-23-10-4-1-5-11-23)36-39-33(37-17-28(24-12-6-2-7-13-24)25-14-8-3-9-15-25)30-34(40-36)42(22-38-30)35-32(46)31(45)29(21-44)47-35/h1-15,22,26-29,31-32,35,43-46H,16-21H2,(H,37,39,40)/t26-,27+,29-,31-,32-,35-/m1/s1. The maximum atomic E-state index is 10.9. The Morgan fingerprint density at radius 3 is 2.04 bits per heavy atom. The van der Waals surface area contributed by atoms with Crippen LogP contribution in [0.4, 0.5) is 11.8 Å². The number of aliphatic hydroxyl groups is 4. The molecule has 0 saturated carbocycles. The molecule has 2 aromatic heterocycles. The number of rotatable bonds is 11. The fraction of sp³-hybridized carbons (Fsp3) is 0.361. The van der Waals surface area contributed by atoms with Crippen molar-refractivity contribution in [2.75, 3.05) is 43.1 Å². The molecule has 0 spiro atoms. The molecule has 2 fully saturated rings. The molecule has 5 aromatic rings. The third-order valence-electron chi connectivity index (χ3n) is 9.51. The van der Waals surface area contributed by atoms with Crippen molar-refractivity contribution in [2.24, 2.45) is 11.8 Å². The van der Waals surface area contributed by atoms with E-state index in [1.807, 2.05) is 54.6 Å². The summed E-state index contributed by atoms with van der Waals surface area (Å²) in [6.07, 6.45) is -2.14. The predicted octanol–water partition coefficient (Wildman–Crippen LogP) is 2.97. The highest BCUT2D eigenvalue weighted by atomic mass is 16.6. The van der Waals surface area contributed by atoms with Gasteiger partial charge in [0.15, 0.2) is 23.2 Å². The number of aromatic nitrogens is 4. The van der Waals surface area contributed by atoms with Gasteiger partial charge in [0.2, 0.25) is 5.95 Å². The van der Waals surface area contributed by atoms with Crippen molar-refractivity contribution in [1.82, 2.24) is 19.5 Å². The largest absolute Gasteiger partial charge is 0.396 e. The summed E-state index contributed by atoms with van der Waals surface area (Å²) in [6, 6.07) is 30.9. The Hall–Kier alpha value is -4.39. The van der Waals surface area contributed by atoms with E-state index in [0.29, 0.717) is 42.6 Å². The van der Waals surface area contributed by atoms with Crippen molar-refractivity contribution in [3.8, 4) is 0 Å². The topological polar surface area (TPSA) is 149 Å². The second-order valence-corrected chi connectivity index (χ2v) is 12.5. The van der Waals surface area contributed by atoms with Gasteiger partial charge in [0, 0.05) is 38.1 Å². The summed E-state index contributed by atoms with van der Waals surface area (Å²) >= 11 is 0. The summed E-state index contributed by atoms with van der Waals surface area (Å²) in [6.45, 7) is 1.38. The van der Waals surface area contributed by atoms with Crippen LogP contribution in [0, 0.1) is 11.8 Å².